The zero-order chi connectivity index (χ0) is 17.3. The summed E-state index contributed by atoms with van der Waals surface area (Å²) in [7, 11) is 0. The summed E-state index contributed by atoms with van der Waals surface area (Å²) in [5.41, 5.74) is 2.81. The van der Waals surface area contributed by atoms with Gasteiger partial charge in [0.2, 0.25) is 0 Å². The molecule has 0 aromatic carbocycles. The van der Waals surface area contributed by atoms with Crippen molar-refractivity contribution in [3.05, 3.63) is 55.5 Å². The number of rotatable bonds is 4. The van der Waals surface area contributed by atoms with Crippen LogP contribution in [0.4, 0.5) is 5.69 Å². The van der Waals surface area contributed by atoms with Gasteiger partial charge in [-0.2, -0.15) is 0 Å². The number of carbonyl (C=O) groups is 1. The van der Waals surface area contributed by atoms with Crippen molar-refractivity contribution in [3.63, 3.8) is 0 Å². The van der Waals surface area contributed by atoms with Gasteiger partial charge in [0.05, 0.1) is 9.80 Å². The lowest BCUT2D eigenvalue weighted by molar-refractivity contribution is -0.385. The molecule has 0 fully saturated rings. The molecule has 0 aliphatic heterocycles. The van der Waals surface area contributed by atoms with Crippen LogP contribution in [0.2, 0.25) is 0 Å². The number of aromatic nitrogens is 1. The maximum atomic E-state index is 12.6. The molecule has 1 unspecified atom stereocenters. The summed E-state index contributed by atoms with van der Waals surface area (Å²) < 4.78 is 0. The molecule has 0 bridgehead atoms. The molecule has 6 nitrogen and oxygen atoms in total. The fourth-order valence-electron chi connectivity index (χ4n) is 3.04. The highest BCUT2D eigenvalue weighted by atomic mass is 32.1. The molecule has 0 radical (unpaired) electrons. The second-order valence-electron chi connectivity index (χ2n) is 6.33. The van der Waals surface area contributed by atoms with E-state index in [2.05, 4.69) is 24.1 Å². The van der Waals surface area contributed by atoms with Crippen LogP contribution in [0.1, 0.15) is 52.7 Å². The first kappa shape index (κ1) is 16.6. The molecular weight excluding hydrogens is 326 g/mol. The Morgan fingerprint density at radius 2 is 2.29 bits per heavy atom. The van der Waals surface area contributed by atoms with Crippen LogP contribution in [0, 0.1) is 10.1 Å². The Morgan fingerprint density at radius 1 is 1.50 bits per heavy atom. The van der Waals surface area contributed by atoms with E-state index in [1.165, 1.54) is 17.5 Å². The molecule has 1 aliphatic rings. The number of nitrogens with one attached hydrogen (secondary N) is 1. The number of fused-ring (bicyclic) bond motifs is 1. The van der Waals surface area contributed by atoms with E-state index in [4.69, 9.17) is 0 Å². The lowest BCUT2D eigenvalue weighted by Crippen LogP contribution is -2.39. The first-order valence-electron chi connectivity index (χ1n) is 7.96. The van der Waals surface area contributed by atoms with Crippen LogP contribution >= 0.6 is 11.3 Å². The van der Waals surface area contributed by atoms with E-state index < -0.39 is 4.92 Å². The summed E-state index contributed by atoms with van der Waals surface area (Å²) in [5, 5.41) is 15.9. The SMILES string of the molecule is CC(C)c1ccsc1C(=O)NC1CCc2ncc([N+](=O)[O-])cc2C1. The van der Waals surface area contributed by atoms with E-state index >= 15 is 0 Å². The minimum Gasteiger partial charge on any atom is -0.348 e. The largest absolute Gasteiger partial charge is 0.348 e. The third-order valence-corrected chi connectivity index (χ3v) is 5.24. The molecule has 1 N–H and O–H groups in total. The number of hydrogen-bond donors (Lipinski definition) is 1. The lowest BCUT2D eigenvalue weighted by Gasteiger charge is -2.24. The first-order valence-corrected chi connectivity index (χ1v) is 8.84. The number of amides is 1. The predicted molar refractivity (Wildman–Crippen MR) is 92.6 cm³/mol. The third-order valence-electron chi connectivity index (χ3n) is 4.31. The van der Waals surface area contributed by atoms with Crippen LogP contribution in [-0.4, -0.2) is 21.9 Å². The zero-order valence-corrected chi connectivity index (χ0v) is 14.4. The molecule has 0 saturated carbocycles. The number of aryl methyl sites for hydroxylation is 1. The summed E-state index contributed by atoms with van der Waals surface area (Å²) in [6, 6.07) is 3.55. The molecule has 2 heterocycles. The number of carbonyl (C=O) groups excluding carboxylic acids is 1. The van der Waals surface area contributed by atoms with Crippen molar-refractivity contribution < 1.29 is 9.72 Å². The Kier molecular flexibility index (Phi) is 4.62. The van der Waals surface area contributed by atoms with Crippen molar-refractivity contribution >= 4 is 22.9 Å². The monoisotopic (exact) mass is 345 g/mol. The highest BCUT2D eigenvalue weighted by molar-refractivity contribution is 7.12. The van der Waals surface area contributed by atoms with Gasteiger partial charge in [-0.3, -0.25) is 19.9 Å². The highest BCUT2D eigenvalue weighted by Gasteiger charge is 2.25. The molecule has 0 saturated heterocycles. The topological polar surface area (TPSA) is 85.1 Å². The molecular formula is C17H19N3O3S. The van der Waals surface area contributed by atoms with Gasteiger partial charge in [0, 0.05) is 17.8 Å². The number of nitro groups is 1. The van der Waals surface area contributed by atoms with Crippen LogP contribution in [0.5, 0.6) is 0 Å². The second-order valence-corrected chi connectivity index (χ2v) is 7.25. The maximum Gasteiger partial charge on any atom is 0.287 e. The van der Waals surface area contributed by atoms with Gasteiger partial charge in [-0.1, -0.05) is 13.8 Å². The van der Waals surface area contributed by atoms with Gasteiger partial charge < -0.3 is 5.32 Å². The highest BCUT2D eigenvalue weighted by Crippen LogP contribution is 2.26. The van der Waals surface area contributed by atoms with Gasteiger partial charge in [0.15, 0.2) is 0 Å². The van der Waals surface area contributed by atoms with E-state index in [1.54, 1.807) is 6.07 Å². The van der Waals surface area contributed by atoms with Gasteiger partial charge >= 0.3 is 0 Å². The average Bonchev–Trinajstić information content (AvgIpc) is 3.04. The molecule has 7 heteroatoms. The molecule has 126 valence electrons. The summed E-state index contributed by atoms with van der Waals surface area (Å²) in [6.45, 7) is 4.14. The molecule has 2 aromatic rings. The third kappa shape index (κ3) is 3.31. The molecule has 1 aliphatic carbocycles. The smallest absolute Gasteiger partial charge is 0.287 e. The number of hydrogen-bond acceptors (Lipinski definition) is 5. The Labute approximate surface area is 144 Å². The Hall–Kier alpha value is -2.28. The van der Waals surface area contributed by atoms with Gasteiger partial charge in [-0.05, 0) is 47.8 Å². The number of pyridine rings is 1. The van der Waals surface area contributed by atoms with Gasteiger partial charge in [0.1, 0.15) is 6.20 Å². The Morgan fingerprint density at radius 3 is 3.00 bits per heavy atom. The number of nitrogens with zero attached hydrogens (tertiary/aromatic N) is 2. The fourth-order valence-corrected chi connectivity index (χ4v) is 4.00. The molecule has 2 aromatic heterocycles. The van der Waals surface area contributed by atoms with Crippen LogP contribution in [0.3, 0.4) is 0 Å². The van der Waals surface area contributed by atoms with E-state index in [0.717, 1.165) is 34.5 Å². The summed E-state index contributed by atoms with van der Waals surface area (Å²) in [5.74, 6) is 0.247. The van der Waals surface area contributed by atoms with Crippen molar-refractivity contribution in [2.24, 2.45) is 0 Å². The van der Waals surface area contributed by atoms with Crippen molar-refractivity contribution in [1.82, 2.24) is 10.3 Å². The first-order chi connectivity index (χ1) is 11.5. The van der Waals surface area contributed by atoms with Crippen molar-refractivity contribution in [1.29, 1.82) is 0 Å². The number of thiophene rings is 1. The van der Waals surface area contributed by atoms with Crippen molar-refractivity contribution in [3.8, 4) is 0 Å². The fraction of sp³-hybridized carbons (Fsp3) is 0.412. The van der Waals surface area contributed by atoms with E-state index in [0.29, 0.717) is 12.3 Å². The van der Waals surface area contributed by atoms with Gasteiger partial charge in [-0.15, -0.1) is 11.3 Å². The van der Waals surface area contributed by atoms with Crippen molar-refractivity contribution in [2.45, 2.75) is 45.1 Å². The predicted octanol–water partition coefficient (Wildman–Crippen LogP) is 3.46. The molecule has 3 rings (SSSR count). The van der Waals surface area contributed by atoms with Crippen LogP contribution in [0.25, 0.3) is 0 Å². The zero-order valence-electron chi connectivity index (χ0n) is 13.6. The normalized spacial score (nSPS) is 16.7. The van der Waals surface area contributed by atoms with Crippen LogP contribution < -0.4 is 5.32 Å². The molecule has 0 spiro atoms. The molecule has 24 heavy (non-hydrogen) atoms. The summed E-state index contributed by atoms with van der Waals surface area (Å²) >= 11 is 1.45. The standard InChI is InChI=1S/C17H19N3O3S/c1-10(2)14-5-6-24-16(14)17(21)19-12-3-4-15-11(7-12)8-13(9-18-15)20(22)23/h5-6,8-10,12H,3-4,7H2,1-2H3,(H,19,21). The van der Waals surface area contributed by atoms with Crippen LogP contribution in [-0.2, 0) is 12.8 Å². The van der Waals surface area contributed by atoms with Gasteiger partial charge in [-0.25, -0.2) is 0 Å². The Bertz CT molecular complexity index is 785. The summed E-state index contributed by atoms with van der Waals surface area (Å²) in [6.07, 6.45) is 3.40. The molecule has 1 amide bonds. The van der Waals surface area contributed by atoms with E-state index in [9.17, 15) is 14.9 Å². The maximum absolute atomic E-state index is 12.6. The lowest BCUT2D eigenvalue weighted by atomic mass is 9.91. The summed E-state index contributed by atoms with van der Waals surface area (Å²) in [4.78, 5) is 28.0. The quantitative estimate of drug-likeness (QED) is 0.679. The minimum atomic E-state index is -0.434. The van der Waals surface area contributed by atoms with Gasteiger partial charge in [0.25, 0.3) is 11.6 Å². The Balaban J connectivity index is 1.73. The van der Waals surface area contributed by atoms with Crippen molar-refractivity contribution in [2.75, 3.05) is 0 Å². The average molecular weight is 345 g/mol. The van der Waals surface area contributed by atoms with E-state index in [-0.39, 0.29) is 17.6 Å². The second kappa shape index (κ2) is 6.68. The minimum absolute atomic E-state index is 0.000998. The van der Waals surface area contributed by atoms with E-state index in [1.807, 2.05) is 11.4 Å². The van der Waals surface area contributed by atoms with Crippen LogP contribution in [0.15, 0.2) is 23.7 Å². The molecule has 1 atom stereocenters.